The molecule has 0 atom stereocenters. The molecule has 1 aromatic rings. The fourth-order valence-electron chi connectivity index (χ4n) is 1.25. The molecule has 0 aliphatic carbocycles. The zero-order valence-electron chi connectivity index (χ0n) is 9.29. The molecule has 2 N–H and O–H groups in total. The van der Waals surface area contributed by atoms with E-state index in [9.17, 15) is 8.42 Å². The fraction of sp³-hybridized carbons (Fsp3) is 0.400. The molecule has 4 nitrogen and oxygen atoms in total. The summed E-state index contributed by atoms with van der Waals surface area (Å²) in [7, 11) is -3.40. The highest BCUT2D eigenvalue weighted by Crippen LogP contribution is 2.35. The standard InChI is InChI=1S/C10H12Br3NO3S/c11-7-5-8(12)10(9(13)6-7)14-18(16,17)4-2-1-3-15/h5-6,14-15H,1-4H2. The Hall–Kier alpha value is 0.370. The molecule has 1 aromatic carbocycles. The molecule has 18 heavy (non-hydrogen) atoms. The van der Waals surface area contributed by atoms with Gasteiger partial charge in [0.25, 0.3) is 0 Å². The molecule has 102 valence electrons. The van der Waals surface area contributed by atoms with Gasteiger partial charge in [-0.3, -0.25) is 4.72 Å². The van der Waals surface area contributed by atoms with Crippen molar-refractivity contribution in [2.24, 2.45) is 0 Å². The van der Waals surface area contributed by atoms with E-state index >= 15 is 0 Å². The van der Waals surface area contributed by atoms with E-state index < -0.39 is 10.0 Å². The van der Waals surface area contributed by atoms with Gasteiger partial charge >= 0.3 is 0 Å². The summed E-state index contributed by atoms with van der Waals surface area (Å²) in [5.41, 5.74) is 0.474. The Morgan fingerprint density at radius 2 is 1.67 bits per heavy atom. The summed E-state index contributed by atoms with van der Waals surface area (Å²) in [4.78, 5) is 0. The minimum atomic E-state index is -3.40. The summed E-state index contributed by atoms with van der Waals surface area (Å²) >= 11 is 9.92. The van der Waals surface area contributed by atoms with Gasteiger partial charge in [0.05, 0.1) is 11.4 Å². The van der Waals surface area contributed by atoms with Crippen molar-refractivity contribution in [2.45, 2.75) is 12.8 Å². The smallest absolute Gasteiger partial charge is 0.232 e. The Morgan fingerprint density at radius 1 is 1.11 bits per heavy atom. The van der Waals surface area contributed by atoms with Crippen molar-refractivity contribution in [3.8, 4) is 0 Å². The summed E-state index contributed by atoms with van der Waals surface area (Å²) in [5, 5.41) is 8.64. The lowest BCUT2D eigenvalue weighted by Gasteiger charge is -2.12. The van der Waals surface area contributed by atoms with E-state index in [0.29, 0.717) is 27.5 Å². The maximum Gasteiger partial charge on any atom is 0.232 e. The third-order valence-electron chi connectivity index (χ3n) is 2.09. The van der Waals surface area contributed by atoms with Gasteiger partial charge in [0.2, 0.25) is 10.0 Å². The third-order valence-corrected chi connectivity index (χ3v) is 5.14. The highest BCUT2D eigenvalue weighted by atomic mass is 79.9. The predicted octanol–water partition coefficient (Wildman–Crippen LogP) is 3.49. The van der Waals surface area contributed by atoms with Crippen LogP contribution in [0.3, 0.4) is 0 Å². The number of nitrogens with one attached hydrogen (secondary N) is 1. The highest BCUT2D eigenvalue weighted by molar-refractivity contribution is 9.11. The van der Waals surface area contributed by atoms with Crippen molar-refractivity contribution in [1.29, 1.82) is 0 Å². The third kappa shape index (κ3) is 5.16. The van der Waals surface area contributed by atoms with Crippen molar-refractivity contribution in [3.63, 3.8) is 0 Å². The van der Waals surface area contributed by atoms with Crippen LogP contribution in [0, 0.1) is 0 Å². The number of unbranched alkanes of at least 4 members (excludes halogenated alkanes) is 1. The fourth-order valence-corrected chi connectivity index (χ4v) is 5.19. The molecular weight excluding hydrogens is 454 g/mol. The summed E-state index contributed by atoms with van der Waals surface area (Å²) < 4.78 is 28.3. The molecule has 0 spiro atoms. The lowest BCUT2D eigenvalue weighted by Crippen LogP contribution is -2.17. The topological polar surface area (TPSA) is 66.4 Å². The minimum Gasteiger partial charge on any atom is -0.396 e. The summed E-state index contributed by atoms with van der Waals surface area (Å²) in [6.07, 6.45) is 0.904. The Kier molecular flexibility index (Phi) is 6.60. The first kappa shape index (κ1) is 16.4. The lowest BCUT2D eigenvalue weighted by molar-refractivity contribution is 0.287. The van der Waals surface area contributed by atoms with Crippen molar-refractivity contribution in [2.75, 3.05) is 17.1 Å². The Balaban J connectivity index is 2.84. The normalized spacial score (nSPS) is 11.6. The first-order valence-electron chi connectivity index (χ1n) is 5.11. The predicted molar refractivity (Wildman–Crippen MR) is 83.3 cm³/mol. The number of rotatable bonds is 6. The molecule has 0 aromatic heterocycles. The average Bonchev–Trinajstić information content (AvgIpc) is 2.23. The number of anilines is 1. The van der Waals surface area contributed by atoms with Crippen LogP contribution in [0.1, 0.15) is 12.8 Å². The number of hydrogen-bond acceptors (Lipinski definition) is 3. The number of benzene rings is 1. The van der Waals surface area contributed by atoms with Crippen LogP contribution in [-0.4, -0.2) is 25.9 Å². The van der Waals surface area contributed by atoms with Crippen LogP contribution in [0.4, 0.5) is 5.69 Å². The van der Waals surface area contributed by atoms with Gasteiger partial charge < -0.3 is 5.11 Å². The number of hydrogen-bond donors (Lipinski definition) is 2. The zero-order chi connectivity index (χ0) is 13.8. The highest BCUT2D eigenvalue weighted by Gasteiger charge is 2.15. The van der Waals surface area contributed by atoms with E-state index in [1.54, 1.807) is 12.1 Å². The Bertz CT molecular complexity index is 496. The second-order valence-corrected chi connectivity index (χ2v) is 8.06. The number of halogens is 3. The zero-order valence-corrected chi connectivity index (χ0v) is 14.9. The summed E-state index contributed by atoms with van der Waals surface area (Å²) in [6.45, 7) is 0.00118. The van der Waals surface area contributed by atoms with Gasteiger partial charge in [-0.1, -0.05) is 15.9 Å². The molecule has 0 unspecified atom stereocenters. The van der Waals surface area contributed by atoms with Crippen LogP contribution < -0.4 is 4.72 Å². The van der Waals surface area contributed by atoms with Crippen LogP contribution in [-0.2, 0) is 10.0 Å². The molecule has 0 fully saturated rings. The molecule has 0 bridgehead atoms. The molecule has 8 heteroatoms. The minimum absolute atomic E-state index is 0.00118. The van der Waals surface area contributed by atoms with Crippen LogP contribution in [0.2, 0.25) is 0 Å². The van der Waals surface area contributed by atoms with Crippen LogP contribution in [0.25, 0.3) is 0 Å². The van der Waals surface area contributed by atoms with Crippen LogP contribution in [0.5, 0.6) is 0 Å². The van der Waals surface area contributed by atoms with Gasteiger partial charge in [0, 0.05) is 20.0 Å². The lowest BCUT2D eigenvalue weighted by atomic mass is 10.3. The van der Waals surface area contributed by atoms with Gasteiger partial charge in [-0.05, 0) is 56.8 Å². The van der Waals surface area contributed by atoms with Crippen LogP contribution >= 0.6 is 47.8 Å². The van der Waals surface area contributed by atoms with E-state index in [4.69, 9.17) is 5.11 Å². The van der Waals surface area contributed by atoms with E-state index in [-0.39, 0.29) is 12.4 Å². The maximum absolute atomic E-state index is 11.8. The molecule has 0 saturated heterocycles. The molecule has 0 amide bonds. The summed E-state index contributed by atoms with van der Waals surface area (Å²) in [6, 6.07) is 3.52. The molecule has 0 radical (unpaired) electrons. The Labute approximate surface area is 132 Å². The van der Waals surface area contributed by atoms with E-state index in [2.05, 4.69) is 52.5 Å². The van der Waals surface area contributed by atoms with Crippen molar-refractivity contribution in [3.05, 3.63) is 25.6 Å². The number of sulfonamides is 1. The Morgan fingerprint density at radius 3 is 2.17 bits per heavy atom. The molecule has 1 rings (SSSR count). The van der Waals surface area contributed by atoms with Gasteiger partial charge in [-0.2, -0.15) is 0 Å². The van der Waals surface area contributed by atoms with Crippen molar-refractivity contribution < 1.29 is 13.5 Å². The second kappa shape index (κ2) is 7.23. The SMILES string of the molecule is O=S(=O)(CCCCO)Nc1c(Br)cc(Br)cc1Br. The van der Waals surface area contributed by atoms with Gasteiger partial charge in [0.1, 0.15) is 0 Å². The summed E-state index contributed by atoms with van der Waals surface area (Å²) in [5.74, 6) is -0.0114. The van der Waals surface area contributed by atoms with E-state index in [0.717, 1.165) is 4.47 Å². The number of aliphatic hydroxyl groups excluding tert-OH is 1. The largest absolute Gasteiger partial charge is 0.396 e. The average molecular weight is 466 g/mol. The van der Waals surface area contributed by atoms with E-state index in [1.165, 1.54) is 0 Å². The second-order valence-electron chi connectivity index (χ2n) is 3.60. The van der Waals surface area contributed by atoms with Gasteiger partial charge in [-0.15, -0.1) is 0 Å². The van der Waals surface area contributed by atoms with Gasteiger partial charge in [-0.25, -0.2) is 8.42 Å². The monoisotopic (exact) mass is 463 g/mol. The van der Waals surface area contributed by atoms with Crippen LogP contribution in [0.15, 0.2) is 25.6 Å². The van der Waals surface area contributed by atoms with Crippen molar-refractivity contribution >= 4 is 63.5 Å². The quantitative estimate of drug-likeness (QED) is 0.632. The van der Waals surface area contributed by atoms with Crippen molar-refractivity contribution in [1.82, 2.24) is 0 Å². The molecular formula is C10H12Br3NO3S. The molecule has 0 saturated carbocycles. The maximum atomic E-state index is 11.8. The molecule has 0 aliphatic heterocycles. The number of aliphatic hydroxyl groups is 1. The van der Waals surface area contributed by atoms with E-state index in [1.807, 2.05) is 0 Å². The first-order valence-corrected chi connectivity index (χ1v) is 9.15. The molecule has 0 heterocycles. The van der Waals surface area contributed by atoms with Gasteiger partial charge in [0.15, 0.2) is 0 Å². The first-order chi connectivity index (χ1) is 8.35. The molecule has 0 aliphatic rings.